The highest BCUT2D eigenvalue weighted by molar-refractivity contribution is 6.10. The lowest BCUT2D eigenvalue weighted by Crippen LogP contribution is -2.03. The number of fused-ring (bicyclic) bond motifs is 6. The van der Waals surface area contributed by atoms with Crippen molar-refractivity contribution in [3.8, 4) is 40.1 Å². The highest BCUT2D eigenvalue weighted by Gasteiger charge is 2.21. The predicted octanol–water partition coefficient (Wildman–Crippen LogP) is 9.59. The van der Waals surface area contributed by atoms with Gasteiger partial charge < -0.3 is 4.57 Å². The minimum atomic E-state index is 0.648. The maximum Gasteiger partial charge on any atom is 0.187 e. The van der Waals surface area contributed by atoms with Gasteiger partial charge in [0.2, 0.25) is 0 Å². The minimum Gasteiger partial charge on any atom is -0.309 e. The zero-order valence-corrected chi connectivity index (χ0v) is 26.2. The van der Waals surface area contributed by atoms with Crippen molar-refractivity contribution in [2.24, 2.45) is 0 Å². The third-order valence-corrected chi connectivity index (χ3v) is 9.30. The molecule has 10 rings (SSSR count). The molecular formula is C42H27N7. The largest absolute Gasteiger partial charge is 0.309 e. The number of para-hydroxylation sites is 5. The van der Waals surface area contributed by atoms with Crippen LogP contribution in [0, 0.1) is 0 Å². The Morgan fingerprint density at radius 1 is 0.388 bits per heavy atom. The maximum atomic E-state index is 4.98. The lowest BCUT2D eigenvalue weighted by molar-refractivity contribution is 1.04. The Labute approximate surface area is 281 Å². The second kappa shape index (κ2) is 10.9. The molecule has 0 fully saturated rings. The molecule has 10 aromatic rings. The third-order valence-electron chi connectivity index (χ3n) is 9.30. The van der Waals surface area contributed by atoms with Gasteiger partial charge in [-0.25, -0.2) is 4.98 Å². The molecule has 5 aromatic heterocycles. The van der Waals surface area contributed by atoms with Gasteiger partial charge in [0.1, 0.15) is 11.5 Å². The first-order valence-corrected chi connectivity index (χ1v) is 16.2. The number of hydrogen-bond acceptors (Lipinski definition) is 4. The molecule has 0 spiro atoms. The topological polar surface area (TPSA) is 66.3 Å². The van der Waals surface area contributed by atoms with Crippen LogP contribution in [0.2, 0.25) is 0 Å². The summed E-state index contributed by atoms with van der Waals surface area (Å²) in [6.45, 7) is 0. The SMILES string of the molecule is c1ccc(-n2c(-c3ccc(-n4c5ccccc5c5ccccc54)nc3)nnc2-c2cc(-n3c4ccccc4c4ccccc43)ccn2)cc1. The quantitative estimate of drug-likeness (QED) is 0.190. The normalized spacial score (nSPS) is 11.7. The Balaban J connectivity index is 1.12. The van der Waals surface area contributed by atoms with E-state index >= 15 is 0 Å². The number of aromatic nitrogens is 7. The molecule has 0 atom stereocenters. The zero-order valence-electron chi connectivity index (χ0n) is 26.2. The monoisotopic (exact) mass is 629 g/mol. The average Bonchev–Trinajstić information content (AvgIpc) is 3.86. The summed E-state index contributed by atoms with van der Waals surface area (Å²) in [7, 11) is 0. The number of benzene rings is 5. The Hall–Kier alpha value is -6.86. The van der Waals surface area contributed by atoms with E-state index in [1.807, 2.05) is 36.7 Å². The third kappa shape index (κ3) is 4.22. The maximum absolute atomic E-state index is 4.98. The van der Waals surface area contributed by atoms with E-state index in [1.54, 1.807) is 0 Å². The van der Waals surface area contributed by atoms with Gasteiger partial charge in [0.05, 0.1) is 22.1 Å². The first-order valence-electron chi connectivity index (χ1n) is 16.2. The smallest absolute Gasteiger partial charge is 0.187 e. The lowest BCUT2D eigenvalue weighted by atomic mass is 10.2. The lowest BCUT2D eigenvalue weighted by Gasteiger charge is -2.13. The molecule has 230 valence electrons. The van der Waals surface area contributed by atoms with Crippen LogP contribution in [0.25, 0.3) is 83.7 Å². The Kier molecular flexibility index (Phi) is 6.04. The molecule has 0 saturated heterocycles. The molecule has 5 aromatic carbocycles. The molecule has 0 bridgehead atoms. The summed E-state index contributed by atoms with van der Waals surface area (Å²) in [5.41, 5.74) is 8.03. The van der Waals surface area contributed by atoms with Crippen molar-refractivity contribution in [3.63, 3.8) is 0 Å². The fourth-order valence-corrected chi connectivity index (χ4v) is 7.16. The van der Waals surface area contributed by atoms with Gasteiger partial charge in [0.15, 0.2) is 11.6 Å². The van der Waals surface area contributed by atoms with Crippen LogP contribution in [0.15, 0.2) is 164 Å². The number of hydrogen-bond donors (Lipinski definition) is 0. The molecule has 0 aliphatic rings. The minimum absolute atomic E-state index is 0.648. The van der Waals surface area contributed by atoms with E-state index in [0.29, 0.717) is 11.6 Å². The van der Waals surface area contributed by atoms with Crippen LogP contribution in [-0.4, -0.2) is 33.9 Å². The Bertz CT molecular complexity index is 2720. The van der Waals surface area contributed by atoms with Crippen molar-refractivity contribution in [1.29, 1.82) is 0 Å². The van der Waals surface area contributed by atoms with Crippen molar-refractivity contribution in [2.75, 3.05) is 0 Å². The average molecular weight is 630 g/mol. The van der Waals surface area contributed by atoms with E-state index in [4.69, 9.17) is 20.2 Å². The molecule has 7 nitrogen and oxygen atoms in total. The number of nitrogens with zero attached hydrogens (tertiary/aromatic N) is 7. The fourth-order valence-electron chi connectivity index (χ4n) is 7.16. The first-order chi connectivity index (χ1) is 24.3. The van der Waals surface area contributed by atoms with E-state index < -0.39 is 0 Å². The number of pyridine rings is 2. The fraction of sp³-hybridized carbons (Fsp3) is 0. The van der Waals surface area contributed by atoms with Crippen molar-refractivity contribution >= 4 is 43.6 Å². The summed E-state index contributed by atoms with van der Waals surface area (Å²) < 4.78 is 6.57. The molecule has 0 unspecified atom stereocenters. The summed E-state index contributed by atoms with van der Waals surface area (Å²) in [6.07, 6.45) is 3.73. The molecular weight excluding hydrogens is 603 g/mol. The molecule has 0 aliphatic carbocycles. The number of rotatable bonds is 5. The van der Waals surface area contributed by atoms with E-state index in [9.17, 15) is 0 Å². The highest BCUT2D eigenvalue weighted by atomic mass is 15.3. The second-order valence-corrected chi connectivity index (χ2v) is 12.1. The second-order valence-electron chi connectivity index (χ2n) is 12.1. The van der Waals surface area contributed by atoms with Crippen LogP contribution in [-0.2, 0) is 0 Å². The van der Waals surface area contributed by atoms with Crippen LogP contribution in [0.5, 0.6) is 0 Å². The van der Waals surface area contributed by atoms with E-state index in [-0.39, 0.29) is 0 Å². The van der Waals surface area contributed by atoms with Gasteiger partial charge in [-0.1, -0.05) is 91.0 Å². The summed E-state index contributed by atoms with van der Waals surface area (Å²) in [5.74, 6) is 2.18. The molecule has 0 N–H and O–H groups in total. The van der Waals surface area contributed by atoms with E-state index in [2.05, 4.69) is 141 Å². The molecule has 5 heterocycles. The summed E-state index contributed by atoms with van der Waals surface area (Å²) in [4.78, 5) is 9.81. The van der Waals surface area contributed by atoms with Gasteiger partial charge in [-0.3, -0.25) is 14.1 Å². The van der Waals surface area contributed by atoms with Crippen molar-refractivity contribution < 1.29 is 0 Å². The van der Waals surface area contributed by atoms with E-state index in [0.717, 1.165) is 50.5 Å². The zero-order chi connectivity index (χ0) is 32.3. The highest BCUT2D eigenvalue weighted by Crippen LogP contribution is 2.35. The molecule has 49 heavy (non-hydrogen) atoms. The molecule has 0 saturated carbocycles. The van der Waals surface area contributed by atoms with Crippen LogP contribution >= 0.6 is 0 Å². The van der Waals surface area contributed by atoms with Gasteiger partial charge in [-0.2, -0.15) is 0 Å². The Morgan fingerprint density at radius 2 is 0.918 bits per heavy atom. The molecule has 0 amide bonds. The molecule has 7 heteroatoms. The summed E-state index contributed by atoms with van der Waals surface area (Å²) in [5, 5.41) is 14.3. The van der Waals surface area contributed by atoms with Crippen LogP contribution in [0.4, 0.5) is 0 Å². The standard InChI is InChI=1S/C42H27N7/c1-2-12-29(13-3-1)48-41(28-22-23-40(44-27-28)49-38-20-10-6-16-33(38)34-17-7-11-21-39(34)49)45-46-42(48)35-26-30(24-25-43-35)47-36-18-8-4-14-31(36)32-15-5-9-19-37(32)47/h1-27H. The van der Waals surface area contributed by atoms with Crippen molar-refractivity contribution in [2.45, 2.75) is 0 Å². The first kappa shape index (κ1) is 27.3. The van der Waals surface area contributed by atoms with Crippen LogP contribution in [0.3, 0.4) is 0 Å². The summed E-state index contributed by atoms with van der Waals surface area (Å²) >= 11 is 0. The molecule has 0 radical (unpaired) electrons. The van der Waals surface area contributed by atoms with Gasteiger partial charge in [0.25, 0.3) is 0 Å². The van der Waals surface area contributed by atoms with Crippen molar-refractivity contribution in [1.82, 2.24) is 33.9 Å². The van der Waals surface area contributed by atoms with Gasteiger partial charge in [0, 0.05) is 50.9 Å². The van der Waals surface area contributed by atoms with E-state index in [1.165, 1.54) is 21.5 Å². The van der Waals surface area contributed by atoms with Gasteiger partial charge in [-0.15, -0.1) is 10.2 Å². The predicted molar refractivity (Wildman–Crippen MR) is 196 cm³/mol. The Morgan fingerprint density at radius 3 is 1.49 bits per heavy atom. The van der Waals surface area contributed by atoms with Gasteiger partial charge in [-0.05, 0) is 60.7 Å². The summed E-state index contributed by atoms with van der Waals surface area (Å²) in [6, 6.07) is 52.4. The van der Waals surface area contributed by atoms with Crippen LogP contribution in [0.1, 0.15) is 0 Å². The van der Waals surface area contributed by atoms with Crippen LogP contribution < -0.4 is 0 Å². The van der Waals surface area contributed by atoms with Crippen molar-refractivity contribution in [3.05, 3.63) is 164 Å². The van der Waals surface area contributed by atoms with Gasteiger partial charge >= 0.3 is 0 Å². The molecule has 0 aliphatic heterocycles.